The van der Waals surface area contributed by atoms with Crippen LogP contribution in [0.2, 0.25) is 0 Å². The van der Waals surface area contributed by atoms with Crippen molar-refractivity contribution in [2.24, 2.45) is 5.92 Å². The molecule has 0 N–H and O–H groups in total. The van der Waals surface area contributed by atoms with Crippen LogP contribution in [0.4, 0.5) is 8.78 Å². The van der Waals surface area contributed by atoms with Gasteiger partial charge in [0.25, 0.3) is 11.8 Å². The zero-order valence-corrected chi connectivity index (χ0v) is 13.2. The Kier molecular flexibility index (Phi) is 4.11. The number of ether oxygens (including phenoxy) is 1. The van der Waals surface area contributed by atoms with Crippen molar-refractivity contribution in [1.29, 1.82) is 0 Å². The Morgan fingerprint density at radius 1 is 1.29 bits per heavy atom. The molecular weight excluding hydrogens is 320 g/mol. The summed E-state index contributed by atoms with van der Waals surface area (Å²) in [4.78, 5) is 36.8. The highest BCUT2D eigenvalue weighted by Crippen LogP contribution is 2.36. The first-order valence-corrected chi connectivity index (χ1v) is 7.80. The number of hydrogen-bond donors (Lipinski definition) is 0. The van der Waals surface area contributed by atoms with Crippen LogP contribution in [0.25, 0.3) is 0 Å². The molecule has 1 aromatic rings. The molecule has 2 amide bonds. The summed E-state index contributed by atoms with van der Waals surface area (Å²) >= 11 is 0. The van der Waals surface area contributed by atoms with Gasteiger partial charge in [-0.05, 0) is 37.0 Å². The van der Waals surface area contributed by atoms with Gasteiger partial charge in [0.05, 0.1) is 23.3 Å². The summed E-state index contributed by atoms with van der Waals surface area (Å²) in [5.41, 5.74) is 0.528. The maximum atomic E-state index is 13.4. The summed E-state index contributed by atoms with van der Waals surface area (Å²) in [7, 11) is 1.37. The van der Waals surface area contributed by atoms with Crippen LogP contribution in [0.15, 0.2) is 18.2 Å². The van der Waals surface area contributed by atoms with Gasteiger partial charge in [-0.3, -0.25) is 14.5 Å². The minimum absolute atomic E-state index is 0.0711. The van der Waals surface area contributed by atoms with E-state index in [4.69, 9.17) is 4.74 Å². The second kappa shape index (κ2) is 5.96. The van der Waals surface area contributed by atoms with Gasteiger partial charge < -0.3 is 4.74 Å². The highest BCUT2D eigenvalue weighted by atomic mass is 19.3. The fourth-order valence-electron chi connectivity index (χ4n) is 3.18. The Balaban J connectivity index is 1.66. The first kappa shape index (κ1) is 16.5. The molecule has 5 nitrogen and oxygen atoms in total. The molecule has 0 spiro atoms. The summed E-state index contributed by atoms with van der Waals surface area (Å²) < 4.78 is 31.8. The van der Waals surface area contributed by atoms with E-state index in [1.54, 1.807) is 0 Å². The standard InChI is InChI=1S/C17H17F2NO4/c1-20-14(21)12-5-4-11(7-13(12)15(20)22)16(23)24-9-10-3-2-6-17(18,19)8-10/h4-5,7,10H,2-3,6,8-9H2,1H3/t10-/m1/s1. The molecule has 0 aromatic heterocycles. The van der Waals surface area contributed by atoms with Crippen molar-refractivity contribution >= 4 is 17.8 Å². The van der Waals surface area contributed by atoms with Crippen LogP contribution in [0.1, 0.15) is 56.8 Å². The molecule has 7 heteroatoms. The lowest BCUT2D eigenvalue weighted by molar-refractivity contribution is -0.0626. The molecule has 1 atom stereocenters. The van der Waals surface area contributed by atoms with Gasteiger partial charge in [-0.25, -0.2) is 13.6 Å². The second-order valence-electron chi connectivity index (χ2n) is 6.35. The maximum absolute atomic E-state index is 13.4. The van der Waals surface area contributed by atoms with E-state index in [0.717, 1.165) is 4.90 Å². The molecule has 24 heavy (non-hydrogen) atoms. The molecule has 0 unspecified atom stereocenters. The Morgan fingerprint density at radius 3 is 2.71 bits per heavy atom. The first-order valence-electron chi connectivity index (χ1n) is 7.80. The number of halogens is 2. The summed E-state index contributed by atoms with van der Waals surface area (Å²) in [6, 6.07) is 4.13. The van der Waals surface area contributed by atoms with Crippen molar-refractivity contribution in [2.45, 2.75) is 31.6 Å². The molecule has 0 saturated heterocycles. The Labute approximate surface area is 137 Å². The number of alkyl halides is 2. The number of carbonyl (C=O) groups excluding carboxylic acids is 3. The number of benzene rings is 1. The number of nitrogens with zero attached hydrogens (tertiary/aromatic N) is 1. The minimum Gasteiger partial charge on any atom is -0.462 e. The Morgan fingerprint density at radius 2 is 2.00 bits per heavy atom. The van der Waals surface area contributed by atoms with Crippen LogP contribution in [0.3, 0.4) is 0 Å². The van der Waals surface area contributed by atoms with E-state index in [9.17, 15) is 23.2 Å². The fourth-order valence-corrected chi connectivity index (χ4v) is 3.18. The molecule has 1 fully saturated rings. The molecule has 1 heterocycles. The molecular formula is C17H17F2NO4. The quantitative estimate of drug-likeness (QED) is 0.628. The predicted molar refractivity (Wildman–Crippen MR) is 80.1 cm³/mol. The van der Waals surface area contributed by atoms with Gasteiger partial charge in [0.1, 0.15) is 0 Å². The van der Waals surface area contributed by atoms with Crippen molar-refractivity contribution in [1.82, 2.24) is 4.90 Å². The van der Waals surface area contributed by atoms with Crippen molar-refractivity contribution in [3.05, 3.63) is 34.9 Å². The lowest BCUT2D eigenvalue weighted by atomic mass is 9.87. The third-order valence-electron chi connectivity index (χ3n) is 4.52. The molecule has 3 rings (SSSR count). The van der Waals surface area contributed by atoms with E-state index in [0.29, 0.717) is 12.8 Å². The van der Waals surface area contributed by atoms with E-state index in [1.807, 2.05) is 0 Å². The molecule has 1 aliphatic carbocycles. The van der Waals surface area contributed by atoms with Crippen molar-refractivity contribution < 1.29 is 27.9 Å². The van der Waals surface area contributed by atoms with Gasteiger partial charge in [-0.1, -0.05) is 0 Å². The lowest BCUT2D eigenvalue weighted by Gasteiger charge is -2.28. The van der Waals surface area contributed by atoms with Crippen LogP contribution >= 0.6 is 0 Å². The largest absolute Gasteiger partial charge is 0.462 e. The summed E-state index contributed by atoms with van der Waals surface area (Å²) in [5, 5.41) is 0. The minimum atomic E-state index is -2.69. The molecule has 0 radical (unpaired) electrons. The smallest absolute Gasteiger partial charge is 0.338 e. The lowest BCUT2D eigenvalue weighted by Crippen LogP contribution is -2.29. The van der Waals surface area contributed by atoms with E-state index in [1.165, 1.54) is 25.2 Å². The highest BCUT2D eigenvalue weighted by Gasteiger charge is 2.37. The monoisotopic (exact) mass is 337 g/mol. The van der Waals surface area contributed by atoms with E-state index in [2.05, 4.69) is 0 Å². The normalized spacial score (nSPS) is 22.5. The Bertz CT molecular complexity index is 717. The average molecular weight is 337 g/mol. The SMILES string of the molecule is CN1C(=O)c2ccc(C(=O)OC[C@@H]3CCCC(F)(F)C3)cc2C1=O. The first-order chi connectivity index (χ1) is 11.3. The van der Waals surface area contributed by atoms with Crippen LogP contribution in [-0.2, 0) is 4.74 Å². The van der Waals surface area contributed by atoms with Gasteiger partial charge in [-0.2, -0.15) is 0 Å². The number of imide groups is 1. The van der Waals surface area contributed by atoms with E-state index in [-0.39, 0.29) is 42.1 Å². The van der Waals surface area contributed by atoms with Gasteiger partial charge in [-0.15, -0.1) is 0 Å². The molecule has 1 saturated carbocycles. The summed E-state index contributed by atoms with van der Waals surface area (Å²) in [6.07, 6.45) is 0.621. The molecule has 1 aromatic carbocycles. The van der Waals surface area contributed by atoms with Crippen molar-refractivity contribution in [3.63, 3.8) is 0 Å². The summed E-state index contributed by atoms with van der Waals surface area (Å²) in [6.45, 7) is -0.0711. The van der Waals surface area contributed by atoms with E-state index >= 15 is 0 Å². The maximum Gasteiger partial charge on any atom is 0.338 e. The third kappa shape index (κ3) is 3.02. The molecule has 0 bridgehead atoms. The molecule has 1 aliphatic heterocycles. The number of carbonyl (C=O) groups is 3. The number of rotatable bonds is 3. The third-order valence-corrected chi connectivity index (χ3v) is 4.52. The van der Waals surface area contributed by atoms with Crippen LogP contribution in [0, 0.1) is 5.92 Å². The number of amides is 2. The van der Waals surface area contributed by atoms with Gasteiger partial charge in [0.2, 0.25) is 5.92 Å². The van der Waals surface area contributed by atoms with Gasteiger partial charge >= 0.3 is 5.97 Å². The summed E-state index contributed by atoms with van der Waals surface area (Å²) in [5.74, 6) is -4.63. The van der Waals surface area contributed by atoms with Crippen molar-refractivity contribution in [3.8, 4) is 0 Å². The highest BCUT2D eigenvalue weighted by molar-refractivity contribution is 6.21. The van der Waals surface area contributed by atoms with E-state index < -0.39 is 23.7 Å². The number of esters is 1. The zero-order valence-electron chi connectivity index (χ0n) is 13.2. The molecule has 2 aliphatic rings. The zero-order chi connectivity index (χ0) is 17.5. The van der Waals surface area contributed by atoms with Crippen LogP contribution in [0.5, 0.6) is 0 Å². The predicted octanol–water partition coefficient (Wildman–Crippen LogP) is 2.89. The Hall–Kier alpha value is -2.31. The van der Waals surface area contributed by atoms with Gasteiger partial charge in [0.15, 0.2) is 0 Å². The van der Waals surface area contributed by atoms with Crippen LogP contribution in [-0.4, -0.2) is 42.3 Å². The number of fused-ring (bicyclic) bond motifs is 1. The topological polar surface area (TPSA) is 63.7 Å². The van der Waals surface area contributed by atoms with Gasteiger partial charge in [0, 0.05) is 19.9 Å². The molecule has 128 valence electrons. The number of hydrogen-bond acceptors (Lipinski definition) is 4. The fraction of sp³-hybridized carbons (Fsp3) is 0.471. The second-order valence-corrected chi connectivity index (χ2v) is 6.35. The van der Waals surface area contributed by atoms with Crippen LogP contribution < -0.4 is 0 Å². The van der Waals surface area contributed by atoms with Crippen molar-refractivity contribution in [2.75, 3.05) is 13.7 Å². The average Bonchev–Trinajstić information content (AvgIpc) is 2.76.